The number of hydrogen-bond acceptors (Lipinski definition) is 6. The van der Waals surface area contributed by atoms with Crippen LogP contribution >= 0.6 is 0 Å². The third-order valence-electron chi connectivity index (χ3n) is 4.44. The highest BCUT2D eigenvalue weighted by Crippen LogP contribution is 2.30. The van der Waals surface area contributed by atoms with Crippen LogP contribution < -0.4 is 5.32 Å². The Morgan fingerprint density at radius 1 is 0.690 bits per heavy atom. The first-order valence-electron chi connectivity index (χ1n) is 9.25. The third-order valence-corrected chi connectivity index (χ3v) is 4.44. The molecule has 0 amide bonds. The van der Waals surface area contributed by atoms with Crippen molar-refractivity contribution in [2.24, 2.45) is 0 Å². The summed E-state index contributed by atoms with van der Waals surface area (Å²) in [5, 5.41) is 22.3. The van der Waals surface area contributed by atoms with Gasteiger partial charge in [-0.05, 0) is 17.7 Å². The van der Waals surface area contributed by atoms with E-state index < -0.39 is 0 Å². The number of phenolic OH excluding ortho intramolecular Hbond substituents is 1. The van der Waals surface area contributed by atoms with Gasteiger partial charge < -0.3 is 10.2 Å². The van der Waals surface area contributed by atoms with Crippen LogP contribution in [0.25, 0.3) is 34.2 Å². The molecule has 3 N–H and O–H groups in total. The molecule has 1 heterocycles. The summed E-state index contributed by atoms with van der Waals surface area (Å²) < 4.78 is 0. The summed E-state index contributed by atoms with van der Waals surface area (Å²) >= 11 is 0. The molecule has 6 nitrogen and oxygen atoms in total. The summed E-state index contributed by atoms with van der Waals surface area (Å²) in [6, 6.07) is 24.7. The maximum Gasteiger partial charge on any atom is 0.167 e. The lowest BCUT2D eigenvalue weighted by Crippen LogP contribution is -2.13. The van der Waals surface area contributed by atoms with Crippen molar-refractivity contribution in [1.82, 2.24) is 20.3 Å². The van der Waals surface area contributed by atoms with Crippen molar-refractivity contribution >= 4 is 0 Å². The average Bonchev–Trinajstić information content (AvgIpc) is 2.78. The van der Waals surface area contributed by atoms with Gasteiger partial charge in [-0.1, -0.05) is 66.7 Å². The molecule has 0 aliphatic rings. The summed E-state index contributed by atoms with van der Waals surface area (Å²) in [5.74, 6) is 1.56. The Balaban J connectivity index is 1.83. The van der Waals surface area contributed by atoms with Crippen molar-refractivity contribution in [3.63, 3.8) is 0 Å². The molecule has 0 radical (unpaired) electrons. The molecule has 4 rings (SSSR count). The van der Waals surface area contributed by atoms with Gasteiger partial charge in [-0.15, -0.1) is 0 Å². The molecule has 0 unspecified atom stereocenters. The smallest absolute Gasteiger partial charge is 0.167 e. The number of aromatic hydroxyl groups is 1. The van der Waals surface area contributed by atoms with E-state index in [1.807, 2.05) is 66.7 Å². The van der Waals surface area contributed by atoms with Gasteiger partial charge >= 0.3 is 0 Å². The predicted octanol–water partition coefficient (Wildman–Crippen LogP) is 3.62. The van der Waals surface area contributed by atoms with Crippen LogP contribution in [0.1, 0.15) is 5.56 Å². The molecule has 4 aromatic rings. The third kappa shape index (κ3) is 4.29. The van der Waals surface area contributed by atoms with Gasteiger partial charge in [0.15, 0.2) is 17.5 Å². The van der Waals surface area contributed by atoms with E-state index in [1.54, 1.807) is 12.1 Å². The number of nitrogens with zero attached hydrogens (tertiary/aromatic N) is 3. The van der Waals surface area contributed by atoms with Crippen LogP contribution in [0, 0.1) is 0 Å². The Morgan fingerprint density at radius 2 is 1.24 bits per heavy atom. The molecule has 1 aromatic heterocycles. The van der Waals surface area contributed by atoms with Gasteiger partial charge in [0.2, 0.25) is 0 Å². The Labute approximate surface area is 168 Å². The van der Waals surface area contributed by atoms with E-state index in [0.29, 0.717) is 29.6 Å². The zero-order valence-corrected chi connectivity index (χ0v) is 15.7. The molecule has 144 valence electrons. The van der Waals surface area contributed by atoms with E-state index in [0.717, 1.165) is 16.7 Å². The number of phenols is 1. The number of rotatable bonds is 6. The van der Waals surface area contributed by atoms with Crippen LogP contribution in [0.5, 0.6) is 5.75 Å². The fourth-order valence-electron chi connectivity index (χ4n) is 3.01. The summed E-state index contributed by atoms with van der Waals surface area (Å²) in [7, 11) is 0. The first kappa shape index (κ1) is 18.7. The molecule has 0 fully saturated rings. The summed E-state index contributed by atoms with van der Waals surface area (Å²) in [4.78, 5) is 13.9. The van der Waals surface area contributed by atoms with Crippen molar-refractivity contribution in [1.29, 1.82) is 0 Å². The van der Waals surface area contributed by atoms with Crippen LogP contribution in [0.3, 0.4) is 0 Å². The standard InChI is InChI=1S/C23H20N4O2/c28-15-24-14-16-11-12-19(20(29)13-16)23-26-21(17-7-3-1-4-8-17)25-22(27-23)18-9-5-2-6-10-18/h1-13,24,28-29H,14-15H2. The number of nitrogens with one attached hydrogen (secondary N) is 1. The number of aromatic nitrogens is 3. The van der Waals surface area contributed by atoms with Crippen molar-refractivity contribution in [3.05, 3.63) is 84.4 Å². The van der Waals surface area contributed by atoms with Crippen LogP contribution in [0.15, 0.2) is 78.9 Å². The highest BCUT2D eigenvalue weighted by molar-refractivity contribution is 5.69. The Bertz CT molecular complexity index is 1040. The van der Waals surface area contributed by atoms with Crippen LogP contribution in [0.2, 0.25) is 0 Å². The minimum atomic E-state index is -0.128. The first-order chi connectivity index (χ1) is 14.2. The van der Waals surface area contributed by atoms with Crippen LogP contribution in [-0.4, -0.2) is 31.9 Å². The maximum atomic E-state index is 10.6. The van der Waals surface area contributed by atoms with Crippen molar-refractivity contribution in [2.45, 2.75) is 6.54 Å². The molecule has 0 saturated carbocycles. The summed E-state index contributed by atoms with van der Waals surface area (Å²) in [6.07, 6.45) is 0. The van der Waals surface area contributed by atoms with Crippen molar-refractivity contribution < 1.29 is 10.2 Å². The lowest BCUT2D eigenvalue weighted by Gasteiger charge is -2.10. The highest BCUT2D eigenvalue weighted by atomic mass is 16.3. The molecule has 0 spiro atoms. The first-order valence-corrected chi connectivity index (χ1v) is 9.25. The Kier molecular flexibility index (Phi) is 5.56. The second-order valence-corrected chi connectivity index (χ2v) is 6.47. The molecule has 0 bridgehead atoms. The van der Waals surface area contributed by atoms with Crippen molar-refractivity contribution in [2.75, 3.05) is 6.73 Å². The van der Waals surface area contributed by atoms with E-state index in [4.69, 9.17) is 5.11 Å². The number of aliphatic hydroxyl groups excluding tert-OH is 1. The Morgan fingerprint density at radius 3 is 1.76 bits per heavy atom. The molecule has 29 heavy (non-hydrogen) atoms. The average molecular weight is 384 g/mol. The second kappa shape index (κ2) is 8.60. The molecule has 3 aromatic carbocycles. The van der Waals surface area contributed by atoms with Gasteiger partial charge in [-0.3, -0.25) is 5.32 Å². The SMILES string of the molecule is OCNCc1ccc(-c2nc(-c3ccccc3)nc(-c3ccccc3)n2)c(O)c1. The van der Waals surface area contributed by atoms with Gasteiger partial charge in [-0.2, -0.15) is 0 Å². The quantitative estimate of drug-likeness (QED) is 0.440. The minimum absolute atomic E-state index is 0.0754. The van der Waals surface area contributed by atoms with Gasteiger partial charge in [0.05, 0.1) is 12.3 Å². The van der Waals surface area contributed by atoms with Gasteiger partial charge in [0.1, 0.15) is 5.75 Å². The molecule has 6 heteroatoms. The molecular weight excluding hydrogens is 364 g/mol. The molecule has 0 saturated heterocycles. The fraction of sp³-hybridized carbons (Fsp3) is 0.0870. The predicted molar refractivity (Wildman–Crippen MR) is 112 cm³/mol. The number of hydrogen-bond donors (Lipinski definition) is 3. The van der Waals surface area contributed by atoms with Crippen molar-refractivity contribution in [3.8, 4) is 39.9 Å². The fourth-order valence-corrected chi connectivity index (χ4v) is 3.01. The topological polar surface area (TPSA) is 91.2 Å². The van der Waals surface area contributed by atoms with Crippen LogP contribution in [-0.2, 0) is 6.54 Å². The molecule has 0 aliphatic carbocycles. The van der Waals surface area contributed by atoms with E-state index in [9.17, 15) is 5.11 Å². The van der Waals surface area contributed by atoms with Gasteiger partial charge in [0.25, 0.3) is 0 Å². The number of benzene rings is 3. The minimum Gasteiger partial charge on any atom is -0.507 e. The molecule has 0 aliphatic heterocycles. The molecule has 0 atom stereocenters. The second-order valence-electron chi connectivity index (χ2n) is 6.47. The van der Waals surface area contributed by atoms with Gasteiger partial charge in [-0.25, -0.2) is 15.0 Å². The largest absolute Gasteiger partial charge is 0.507 e. The number of aliphatic hydroxyl groups is 1. The van der Waals surface area contributed by atoms with E-state index in [-0.39, 0.29) is 12.5 Å². The van der Waals surface area contributed by atoms with Gasteiger partial charge in [0, 0.05) is 17.7 Å². The van der Waals surface area contributed by atoms with E-state index in [1.165, 1.54) is 0 Å². The van der Waals surface area contributed by atoms with Crippen LogP contribution in [0.4, 0.5) is 0 Å². The van der Waals surface area contributed by atoms with E-state index >= 15 is 0 Å². The monoisotopic (exact) mass is 384 g/mol. The summed E-state index contributed by atoms with van der Waals surface area (Å²) in [6.45, 7) is 0.322. The lowest BCUT2D eigenvalue weighted by molar-refractivity contribution is 0.259. The zero-order valence-electron chi connectivity index (χ0n) is 15.7. The highest BCUT2D eigenvalue weighted by Gasteiger charge is 2.14. The summed E-state index contributed by atoms with van der Waals surface area (Å²) in [5.41, 5.74) is 3.11. The molecular formula is C23H20N4O2. The zero-order chi connectivity index (χ0) is 20.1. The lowest BCUT2D eigenvalue weighted by atomic mass is 10.1. The van der Waals surface area contributed by atoms with E-state index in [2.05, 4.69) is 20.3 Å². The Hall–Kier alpha value is -3.61. The normalized spacial score (nSPS) is 10.8. The maximum absolute atomic E-state index is 10.6.